The summed E-state index contributed by atoms with van der Waals surface area (Å²) in [6, 6.07) is 4.20. The molecule has 0 aromatic carbocycles. The molecule has 0 radical (unpaired) electrons. The Morgan fingerprint density at radius 1 is 1.10 bits per heavy atom. The molecule has 0 saturated carbocycles. The van der Waals surface area contributed by atoms with Crippen molar-refractivity contribution in [3.8, 4) is 11.6 Å². The highest BCUT2D eigenvalue weighted by Gasteiger charge is 2.37. The maximum Gasteiger partial charge on any atom is 0.276 e. The van der Waals surface area contributed by atoms with Gasteiger partial charge >= 0.3 is 0 Å². The number of carbonyl (C=O) groups is 1. The van der Waals surface area contributed by atoms with Crippen molar-refractivity contribution in [2.24, 2.45) is 0 Å². The molecule has 148 valence electrons. The summed E-state index contributed by atoms with van der Waals surface area (Å²) in [4.78, 5) is 26.9. The lowest BCUT2D eigenvalue weighted by molar-refractivity contribution is 0.0582. The van der Waals surface area contributed by atoms with Gasteiger partial charge in [-0.3, -0.25) is 4.79 Å². The van der Waals surface area contributed by atoms with Crippen LogP contribution < -0.4 is 0 Å². The number of aryl methyl sites for hydroxylation is 1. The monoisotopic (exact) mass is 397 g/mol. The van der Waals surface area contributed by atoms with E-state index >= 15 is 0 Å². The molecule has 1 amide bonds. The van der Waals surface area contributed by atoms with Crippen molar-refractivity contribution in [2.75, 3.05) is 6.54 Å². The van der Waals surface area contributed by atoms with Crippen LogP contribution in [0.2, 0.25) is 0 Å². The Bertz CT molecular complexity index is 1070. The molecule has 1 fully saturated rings. The summed E-state index contributed by atoms with van der Waals surface area (Å²) >= 11 is 0. The molecule has 2 atom stereocenters. The number of halogens is 2. The minimum absolute atomic E-state index is 0.0805. The molecule has 0 N–H and O–H groups in total. The van der Waals surface area contributed by atoms with Crippen molar-refractivity contribution in [3.05, 3.63) is 59.3 Å². The first-order chi connectivity index (χ1) is 14.1. The second-order valence-electron chi connectivity index (χ2n) is 7.41. The van der Waals surface area contributed by atoms with Crippen LogP contribution in [-0.2, 0) is 6.42 Å². The number of carbonyl (C=O) groups excluding carboxylic acids is 1. The van der Waals surface area contributed by atoms with Gasteiger partial charge < -0.3 is 9.42 Å². The van der Waals surface area contributed by atoms with Gasteiger partial charge in [0, 0.05) is 24.7 Å². The van der Waals surface area contributed by atoms with Crippen LogP contribution in [0.3, 0.4) is 0 Å². The van der Waals surface area contributed by atoms with Crippen LogP contribution in [0, 0.1) is 11.8 Å². The quantitative estimate of drug-likeness (QED) is 0.618. The Kier molecular flexibility index (Phi) is 4.30. The Hall–Kier alpha value is -3.23. The van der Waals surface area contributed by atoms with E-state index in [1.165, 1.54) is 24.4 Å². The van der Waals surface area contributed by atoms with Crippen LogP contribution >= 0.6 is 0 Å². The van der Waals surface area contributed by atoms with Crippen molar-refractivity contribution in [1.29, 1.82) is 0 Å². The Morgan fingerprint density at radius 2 is 2.00 bits per heavy atom. The van der Waals surface area contributed by atoms with Gasteiger partial charge in [0.05, 0.1) is 11.8 Å². The molecule has 5 heterocycles. The van der Waals surface area contributed by atoms with Gasteiger partial charge in [-0.05, 0) is 49.4 Å². The summed E-state index contributed by atoms with van der Waals surface area (Å²) < 4.78 is 31.8. The Balaban J connectivity index is 1.39. The number of nitrogens with zero attached hydrogens (tertiary/aromatic N) is 5. The first-order valence-corrected chi connectivity index (χ1v) is 9.49. The van der Waals surface area contributed by atoms with E-state index in [-0.39, 0.29) is 23.8 Å². The molecule has 0 aliphatic carbocycles. The molecular weight excluding hydrogens is 380 g/mol. The van der Waals surface area contributed by atoms with Gasteiger partial charge in [-0.2, -0.15) is 9.37 Å². The van der Waals surface area contributed by atoms with Crippen molar-refractivity contribution in [3.63, 3.8) is 0 Å². The number of pyridine rings is 2. The second kappa shape index (κ2) is 6.98. The van der Waals surface area contributed by atoms with Gasteiger partial charge in [-0.25, -0.2) is 14.4 Å². The highest BCUT2D eigenvalue weighted by molar-refractivity contribution is 5.96. The molecule has 1 saturated heterocycles. The zero-order valence-electron chi connectivity index (χ0n) is 15.4. The third-order valence-corrected chi connectivity index (χ3v) is 5.65. The van der Waals surface area contributed by atoms with Crippen LogP contribution in [-0.4, -0.2) is 43.5 Å². The van der Waals surface area contributed by atoms with Crippen molar-refractivity contribution in [1.82, 2.24) is 25.0 Å². The van der Waals surface area contributed by atoms with Gasteiger partial charge in [0.2, 0.25) is 5.95 Å². The summed E-state index contributed by atoms with van der Waals surface area (Å²) in [6.07, 6.45) is 5.47. The minimum Gasteiger partial charge on any atom is -0.335 e. The van der Waals surface area contributed by atoms with E-state index in [1.54, 1.807) is 0 Å². The predicted octanol–water partition coefficient (Wildman–Crippen LogP) is 3.14. The van der Waals surface area contributed by atoms with Gasteiger partial charge in [0.15, 0.2) is 5.82 Å². The standard InChI is InChI=1S/C20H17F2N5O2/c21-13-3-6-16(23-8-13)19-25-18(26-29-19)12-2-5-14-4-1-11-7-17(22)24-9-15(11)20(28)27(14)10-12/h3,6-9,12,14H,1-2,4-5,10H2/t12-,14-/m1/s1. The maximum absolute atomic E-state index is 13.5. The summed E-state index contributed by atoms with van der Waals surface area (Å²) in [7, 11) is 0. The Morgan fingerprint density at radius 3 is 2.83 bits per heavy atom. The minimum atomic E-state index is -0.567. The first-order valence-electron chi connectivity index (χ1n) is 9.49. The number of aromatic nitrogens is 4. The molecule has 2 aliphatic heterocycles. The lowest BCUT2D eigenvalue weighted by Gasteiger charge is -2.37. The number of piperidine rings is 1. The summed E-state index contributed by atoms with van der Waals surface area (Å²) in [6.45, 7) is 0.455. The zero-order valence-corrected chi connectivity index (χ0v) is 15.4. The molecule has 29 heavy (non-hydrogen) atoms. The lowest BCUT2D eigenvalue weighted by atomic mass is 9.90. The normalized spacial score (nSPS) is 21.4. The van der Waals surface area contributed by atoms with Crippen molar-refractivity contribution in [2.45, 2.75) is 37.6 Å². The second-order valence-corrected chi connectivity index (χ2v) is 7.41. The van der Waals surface area contributed by atoms with Crippen LogP contribution in [0.15, 0.2) is 35.1 Å². The van der Waals surface area contributed by atoms with E-state index < -0.39 is 11.8 Å². The average Bonchev–Trinajstić information content (AvgIpc) is 3.18. The number of hydrogen-bond acceptors (Lipinski definition) is 6. The van der Waals surface area contributed by atoms with Crippen LogP contribution in [0.5, 0.6) is 0 Å². The fraction of sp³-hybridized carbons (Fsp3) is 0.350. The summed E-state index contributed by atoms with van der Waals surface area (Å²) in [5, 5.41) is 4.06. The van der Waals surface area contributed by atoms with Gasteiger partial charge in [0.1, 0.15) is 11.5 Å². The number of hydrogen-bond donors (Lipinski definition) is 0. The molecule has 0 spiro atoms. The molecule has 3 aromatic heterocycles. The van der Waals surface area contributed by atoms with E-state index in [9.17, 15) is 13.6 Å². The molecule has 3 aromatic rings. The molecule has 0 bridgehead atoms. The molecule has 7 nitrogen and oxygen atoms in total. The van der Waals surface area contributed by atoms with E-state index in [0.717, 1.165) is 25.5 Å². The number of rotatable bonds is 2. The van der Waals surface area contributed by atoms with E-state index in [4.69, 9.17) is 4.52 Å². The van der Waals surface area contributed by atoms with E-state index in [1.807, 2.05) is 4.90 Å². The smallest absolute Gasteiger partial charge is 0.276 e. The number of amides is 1. The average molecular weight is 397 g/mol. The summed E-state index contributed by atoms with van der Waals surface area (Å²) in [5.41, 5.74) is 1.56. The third kappa shape index (κ3) is 3.26. The van der Waals surface area contributed by atoms with Crippen molar-refractivity contribution >= 4 is 5.91 Å². The van der Waals surface area contributed by atoms with E-state index in [2.05, 4.69) is 20.1 Å². The topological polar surface area (TPSA) is 85.0 Å². The van der Waals surface area contributed by atoms with Crippen LogP contribution in [0.1, 0.15) is 46.9 Å². The lowest BCUT2D eigenvalue weighted by Crippen LogP contribution is -2.45. The maximum atomic E-state index is 13.5. The molecule has 0 unspecified atom stereocenters. The molecule has 9 heteroatoms. The van der Waals surface area contributed by atoms with Gasteiger partial charge in [0.25, 0.3) is 11.8 Å². The fourth-order valence-corrected chi connectivity index (χ4v) is 4.14. The van der Waals surface area contributed by atoms with E-state index in [0.29, 0.717) is 35.6 Å². The highest BCUT2D eigenvalue weighted by Crippen LogP contribution is 2.34. The molecule has 2 aliphatic rings. The fourth-order valence-electron chi connectivity index (χ4n) is 4.14. The Labute approximate surface area is 164 Å². The summed E-state index contributed by atoms with van der Waals surface area (Å²) in [5.74, 6) is -0.510. The molecule has 5 rings (SSSR count). The predicted molar refractivity (Wildman–Crippen MR) is 96.8 cm³/mol. The first kappa shape index (κ1) is 17.8. The van der Waals surface area contributed by atoms with Crippen LogP contribution in [0.25, 0.3) is 11.6 Å². The zero-order chi connectivity index (χ0) is 20.0. The largest absolute Gasteiger partial charge is 0.335 e. The van der Waals surface area contributed by atoms with Gasteiger partial charge in [-0.1, -0.05) is 5.16 Å². The highest BCUT2D eigenvalue weighted by atomic mass is 19.1. The number of fused-ring (bicyclic) bond motifs is 2. The van der Waals surface area contributed by atoms with Crippen molar-refractivity contribution < 1.29 is 18.1 Å². The van der Waals surface area contributed by atoms with Crippen LogP contribution in [0.4, 0.5) is 8.78 Å². The van der Waals surface area contributed by atoms with Gasteiger partial charge in [-0.15, -0.1) is 0 Å². The molecular formula is C20H17F2N5O2. The SMILES string of the molecule is O=C1c2cnc(F)cc2CC[C@@H]2CC[C@@H](c3noc(-c4ccc(F)cn4)n3)CN12. The third-order valence-electron chi connectivity index (χ3n) is 5.65.